The first-order valence-corrected chi connectivity index (χ1v) is 7.45. The van der Waals surface area contributed by atoms with E-state index in [9.17, 15) is 8.42 Å². The van der Waals surface area contributed by atoms with Crippen molar-refractivity contribution < 1.29 is 8.42 Å². The van der Waals surface area contributed by atoms with Crippen LogP contribution in [0.4, 0.5) is 0 Å². The van der Waals surface area contributed by atoms with Crippen LogP contribution in [0.2, 0.25) is 0 Å². The molecule has 0 fully saturated rings. The van der Waals surface area contributed by atoms with Gasteiger partial charge in [0.25, 0.3) is 0 Å². The Balaban J connectivity index is 2.35. The zero-order valence-corrected chi connectivity index (χ0v) is 10.9. The average Bonchev–Trinajstić information content (AvgIpc) is 2.18. The van der Waals surface area contributed by atoms with Gasteiger partial charge in [-0.25, -0.2) is 8.42 Å². The Morgan fingerprint density at radius 1 is 1.33 bits per heavy atom. The van der Waals surface area contributed by atoms with Gasteiger partial charge in [-0.3, -0.25) is 0 Å². The smallest absolute Gasteiger partial charge is 0.161 e. The summed E-state index contributed by atoms with van der Waals surface area (Å²) < 4.78 is 21.7. The van der Waals surface area contributed by atoms with E-state index in [0.717, 1.165) is 5.56 Å². The minimum absolute atomic E-state index is 0.410. The SMILES string of the molecule is CS(=O)(=O)C(Br)CNCc1ccccc1. The molecule has 1 aromatic rings. The second-order valence-corrected chi connectivity index (χ2v) is 7.30. The van der Waals surface area contributed by atoms with Gasteiger partial charge in [-0.05, 0) is 5.56 Å². The number of sulfone groups is 1. The molecular weight excluding hydrogens is 278 g/mol. The summed E-state index contributed by atoms with van der Waals surface area (Å²) >= 11 is 3.12. The van der Waals surface area contributed by atoms with Crippen molar-refractivity contribution in [1.82, 2.24) is 5.32 Å². The number of halogens is 1. The molecule has 1 rings (SSSR count). The number of benzene rings is 1. The number of rotatable bonds is 5. The van der Waals surface area contributed by atoms with E-state index in [4.69, 9.17) is 0 Å². The molecule has 0 aliphatic carbocycles. The molecule has 0 spiro atoms. The van der Waals surface area contributed by atoms with Gasteiger partial charge in [0.1, 0.15) is 4.16 Å². The molecule has 3 nitrogen and oxygen atoms in total. The van der Waals surface area contributed by atoms with Crippen LogP contribution >= 0.6 is 15.9 Å². The fraction of sp³-hybridized carbons (Fsp3) is 0.400. The summed E-state index contributed by atoms with van der Waals surface area (Å²) in [6.07, 6.45) is 1.22. The Morgan fingerprint density at radius 3 is 2.47 bits per heavy atom. The fourth-order valence-corrected chi connectivity index (χ4v) is 1.73. The maximum absolute atomic E-state index is 11.1. The first kappa shape index (κ1) is 12.7. The van der Waals surface area contributed by atoms with Crippen LogP contribution in [0.15, 0.2) is 30.3 Å². The van der Waals surface area contributed by atoms with Gasteiger partial charge in [0.15, 0.2) is 9.84 Å². The summed E-state index contributed by atoms with van der Waals surface area (Å²) in [6, 6.07) is 9.86. The van der Waals surface area contributed by atoms with E-state index in [0.29, 0.717) is 13.1 Å². The van der Waals surface area contributed by atoms with Gasteiger partial charge in [-0.15, -0.1) is 0 Å². The normalized spacial score (nSPS) is 13.7. The average molecular weight is 292 g/mol. The monoisotopic (exact) mass is 291 g/mol. The summed E-state index contributed by atoms with van der Waals surface area (Å²) in [6.45, 7) is 1.09. The van der Waals surface area contributed by atoms with E-state index >= 15 is 0 Å². The fourth-order valence-electron chi connectivity index (χ4n) is 1.08. The summed E-state index contributed by atoms with van der Waals surface area (Å²) in [5, 5.41) is 3.08. The van der Waals surface area contributed by atoms with Crippen LogP contribution in [0.1, 0.15) is 5.56 Å². The molecule has 0 heterocycles. The highest BCUT2D eigenvalue weighted by Crippen LogP contribution is 2.06. The lowest BCUT2D eigenvalue weighted by Gasteiger charge is -2.09. The molecule has 0 aliphatic heterocycles. The molecule has 0 aliphatic rings. The molecule has 0 aromatic heterocycles. The minimum atomic E-state index is -3.00. The van der Waals surface area contributed by atoms with Gasteiger partial charge < -0.3 is 5.32 Å². The van der Waals surface area contributed by atoms with Crippen molar-refractivity contribution >= 4 is 25.8 Å². The summed E-state index contributed by atoms with van der Waals surface area (Å²) in [4.78, 5) is 0. The molecule has 1 N–H and O–H groups in total. The van der Waals surface area contributed by atoms with Crippen molar-refractivity contribution in [2.24, 2.45) is 0 Å². The number of alkyl halides is 1. The van der Waals surface area contributed by atoms with Gasteiger partial charge in [-0.2, -0.15) is 0 Å². The Kier molecular flexibility index (Phi) is 4.76. The van der Waals surface area contributed by atoms with Gasteiger partial charge in [0.2, 0.25) is 0 Å². The third-order valence-corrected chi connectivity index (χ3v) is 5.40. The minimum Gasteiger partial charge on any atom is -0.311 e. The summed E-state index contributed by atoms with van der Waals surface area (Å²) in [5.41, 5.74) is 1.14. The third-order valence-electron chi connectivity index (χ3n) is 1.94. The van der Waals surface area contributed by atoms with Crippen LogP contribution in [0.5, 0.6) is 0 Å². The zero-order chi connectivity index (χ0) is 11.3. The second kappa shape index (κ2) is 5.63. The van der Waals surface area contributed by atoms with E-state index in [2.05, 4.69) is 21.2 Å². The highest BCUT2D eigenvalue weighted by molar-refractivity contribution is 9.11. The van der Waals surface area contributed by atoms with Crippen LogP contribution in [-0.4, -0.2) is 25.4 Å². The molecule has 1 aromatic carbocycles. The molecule has 1 atom stereocenters. The maximum atomic E-state index is 11.1. The predicted molar refractivity (Wildman–Crippen MR) is 65.7 cm³/mol. The number of hydrogen-bond acceptors (Lipinski definition) is 3. The van der Waals surface area contributed by atoms with Crippen molar-refractivity contribution in [3.63, 3.8) is 0 Å². The van der Waals surface area contributed by atoms with E-state index in [1.807, 2.05) is 30.3 Å². The van der Waals surface area contributed by atoms with Crippen molar-refractivity contribution in [3.05, 3.63) is 35.9 Å². The summed E-state index contributed by atoms with van der Waals surface area (Å²) in [7, 11) is -3.00. The van der Waals surface area contributed by atoms with Crippen LogP contribution in [0, 0.1) is 0 Å². The highest BCUT2D eigenvalue weighted by Gasteiger charge is 2.15. The lowest BCUT2D eigenvalue weighted by atomic mass is 10.2. The second-order valence-electron chi connectivity index (χ2n) is 3.36. The first-order valence-electron chi connectivity index (χ1n) is 4.58. The molecule has 0 saturated heterocycles. The zero-order valence-electron chi connectivity index (χ0n) is 8.48. The first-order chi connectivity index (χ1) is 7.00. The third kappa shape index (κ3) is 4.77. The largest absolute Gasteiger partial charge is 0.311 e. The van der Waals surface area contributed by atoms with Gasteiger partial charge in [0.05, 0.1) is 0 Å². The van der Waals surface area contributed by atoms with Crippen LogP contribution in [-0.2, 0) is 16.4 Å². The van der Waals surface area contributed by atoms with Gasteiger partial charge >= 0.3 is 0 Å². The Hall–Kier alpha value is -0.390. The molecule has 0 bridgehead atoms. The van der Waals surface area contributed by atoms with Crippen molar-refractivity contribution in [2.75, 3.05) is 12.8 Å². The van der Waals surface area contributed by atoms with Gasteiger partial charge in [-0.1, -0.05) is 46.3 Å². The molecular formula is C10H14BrNO2S. The van der Waals surface area contributed by atoms with Gasteiger partial charge in [0, 0.05) is 19.3 Å². The van der Waals surface area contributed by atoms with Crippen LogP contribution in [0.3, 0.4) is 0 Å². The quantitative estimate of drug-likeness (QED) is 0.837. The van der Waals surface area contributed by atoms with Crippen LogP contribution in [0.25, 0.3) is 0 Å². The molecule has 15 heavy (non-hydrogen) atoms. The number of nitrogens with one attached hydrogen (secondary N) is 1. The predicted octanol–water partition coefficient (Wildman–Crippen LogP) is 1.54. The topological polar surface area (TPSA) is 46.2 Å². The number of hydrogen-bond donors (Lipinski definition) is 1. The van der Waals surface area contributed by atoms with E-state index in [1.54, 1.807) is 0 Å². The lowest BCUT2D eigenvalue weighted by molar-refractivity contribution is 0.593. The molecule has 0 radical (unpaired) electrons. The molecule has 1 unspecified atom stereocenters. The van der Waals surface area contributed by atoms with E-state index < -0.39 is 14.0 Å². The molecule has 5 heteroatoms. The van der Waals surface area contributed by atoms with Crippen molar-refractivity contribution in [2.45, 2.75) is 10.7 Å². The Labute approximate surface area is 98.9 Å². The maximum Gasteiger partial charge on any atom is 0.161 e. The van der Waals surface area contributed by atoms with Crippen molar-refractivity contribution in [3.8, 4) is 0 Å². The van der Waals surface area contributed by atoms with E-state index in [-0.39, 0.29) is 0 Å². The Bertz CT molecular complexity index is 391. The van der Waals surface area contributed by atoms with E-state index in [1.165, 1.54) is 6.26 Å². The summed E-state index contributed by atoms with van der Waals surface area (Å²) in [5.74, 6) is 0. The highest BCUT2D eigenvalue weighted by atomic mass is 79.9. The van der Waals surface area contributed by atoms with Crippen LogP contribution < -0.4 is 5.32 Å². The molecule has 84 valence electrons. The molecule has 0 amide bonds. The van der Waals surface area contributed by atoms with Crippen molar-refractivity contribution in [1.29, 1.82) is 0 Å². The standard InChI is InChI=1S/C10H14BrNO2S/c1-15(13,14)10(11)8-12-7-9-5-3-2-4-6-9/h2-6,10,12H,7-8H2,1H3. The lowest BCUT2D eigenvalue weighted by Crippen LogP contribution is -2.27. The Morgan fingerprint density at radius 2 is 1.93 bits per heavy atom. The molecule has 0 saturated carbocycles.